The van der Waals surface area contributed by atoms with E-state index in [4.69, 9.17) is 9.47 Å². The zero-order valence-electron chi connectivity index (χ0n) is 18.7. The second-order valence-electron chi connectivity index (χ2n) is 7.54. The zero-order valence-corrected chi connectivity index (χ0v) is 21.7. The molecule has 0 aromatic heterocycles. The predicted octanol–water partition coefficient (Wildman–Crippen LogP) is 4.86. The van der Waals surface area contributed by atoms with Crippen molar-refractivity contribution in [3.05, 3.63) is 38.9 Å². The molecule has 0 bridgehead atoms. The summed E-state index contributed by atoms with van der Waals surface area (Å²) in [5.74, 6) is 0.653. The molecular formula is C22H33IN2O5S. The number of allylic oxidation sites excluding steroid dienone is 1. The lowest BCUT2D eigenvalue weighted by atomic mass is 9.99. The van der Waals surface area contributed by atoms with Crippen molar-refractivity contribution in [3.63, 3.8) is 0 Å². The molecule has 0 saturated heterocycles. The van der Waals surface area contributed by atoms with E-state index in [9.17, 15) is 13.2 Å². The normalized spacial score (nSPS) is 14.6. The lowest BCUT2D eigenvalue weighted by Crippen LogP contribution is -2.53. The summed E-state index contributed by atoms with van der Waals surface area (Å²) in [6.07, 6.45) is 3.63. The van der Waals surface area contributed by atoms with Crippen LogP contribution in [0.5, 0.6) is 5.75 Å². The first-order valence-corrected chi connectivity index (χ1v) is 13.6. The lowest BCUT2D eigenvalue weighted by Gasteiger charge is -2.33. The van der Waals surface area contributed by atoms with E-state index >= 15 is 0 Å². The highest BCUT2D eigenvalue weighted by Gasteiger charge is 2.31. The van der Waals surface area contributed by atoms with Crippen LogP contribution in [0.4, 0.5) is 0 Å². The molecule has 7 nitrogen and oxygen atoms in total. The number of halogens is 1. The molecule has 0 aliphatic carbocycles. The Hall–Kier alpha value is -1.33. The summed E-state index contributed by atoms with van der Waals surface area (Å²) < 4.78 is 38.0. The molecule has 0 saturated carbocycles. The Morgan fingerprint density at radius 1 is 1.23 bits per heavy atom. The van der Waals surface area contributed by atoms with Gasteiger partial charge in [0, 0.05) is 34.0 Å². The first kappa shape index (κ1) is 25.9. The average Bonchev–Trinajstić information content (AvgIpc) is 2.72. The minimum atomic E-state index is -3.65. The fraction of sp³-hybridized carbons (Fsp3) is 0.591. The van der Waals surface area contributed by atoms with Crippen LogP contribution < -0.4 is 9.57 Å². The molecular weight excluding hydrogens is 531 g/mol. The second kappa shape index (κ2) is 12.1. The third-order valence-corrected chi connectivity index (χ3v) is 6.79. The van der Waals surface area contributed by atoms with E-state index in [0.29, 0.717) is 31.6 Å². The van der Waals surface area contributed by atoms with E-state index in [0.717, 1.165) is 38.3 Å². The van der Waals surface area contributed by atoms with Crippen LogP contribution in [0.2, 0.25) is 0 Å². The minimum absolute atomic E-state index is 0.131. The van der Waals surface area contributed by atoms with Crippen LogP contribution in [-0.4, -0.2) is 31.3 Å². The highest BCUT2D eigenvalue weighted by atomic mass is 127. The lowest BCUT2D eigenvalue weighted by molar-refractivity contribution is -0.150. The fourth-order valence-corrected chi connectivity index (χ4v) is 4.49. The number of carbonyl (C=O) groups excluding carboxylic acids is 1. The summed E-state index contributed by atoms with van der Waals surface area (Å²) in [7, 11) is -3.65. The first-order valence-electron chi connectivity index (χ1n) is 10.9. The van der Waals surface area contributed by atoms with Gasteiger partial charge in [0.2, 0.25) is 15.9 Å². The third-order valence-electron chi connectivity index (χ3n) is 4.89. The molecule has 1 aromatic rings. The van der Waals surface area contributed by atoms with Crippen molar-refractivity contribution in [1.82, 2.24) is 9.84 Å². The van der Waals surface area contributed by atoms with Crippen molar-refractivity contribution < 1.29 is 22.7 Å². The van der Waals surface area contributed by atoms with Gasteiger partial charge < -0.3 is 9.47 Å². The molecule has 0 fully saturated rings. The molecule has 174 valence electrons. The summed E-state index contributed by atoms with van der Waals surface area (Å²) >= 11 is 2.28. The van der Waals surface area contributed by atoms with Gasteiger partial charge in [-0.3, -0.25) is 4.79 Å². The topological polar surface area (TPSA) is 84.9 Å². The van der Waals surface area contributed by atoms with Gasteiger partial charge in [-0.25, -0.2) is 13.4 Å². The number of benzene rings is 1. The van der Waals surface area contributed by atoms with E-state index in [1.165, 1.54) is 6.92 Å². The Balaban J connectivity index is 2.38. The van der Waals surface area contributed by atoms with Gasteiger partial charge in [-0.05, 0) is 60.6 Å². The van der Waals surface area contributed by atoms with Gasteiger partial charge in [0.25, 0.3) is 5.95 Å². The van der Waals surface area contributed by atoms with Crippen LogP contribution in [0.1, 0.15) is 71.8 Å². The monoisotopic (exact) mass is 564 g/mol. The first-order chi connectivity index (χ1) is 14.7. The van der Waals surface area contributed by atoms with E-state index in [2.05, 4.69) is 40.4 Å². The zero-order chi connectivity index (χ0) is 23.0. The van der Waals surface area contributed by atoms with Crippen LogP contribution >= 0.6 is 22.6 Å². The van der Waals surface area contributed by atoms with Gasteiger partial charge in [0.1, 0.15) is 5.75 Å². The van der Waals surface area contributed by atoms with Crippen LogP contribution in [0.3, 0.4) is 0 Å². The van der Waals surface area contributed by atoms with Crippen molar-refractivity contribution >= 4 is 38.5 Å². The predicted molar refractivity (Wildman–Crippen MR) is 130 cm³/mol. The van der Waals surface area contributed by atoms with Gasteiger partial charge in [-0.15, -0.1) is 4.83 Å². The van der Waals surface area contributed by atoms with Gasteiger partial charge in [-0.2, -0.15) is 0 Å². The van der Waals surface area contributed by atoms with Crippen LogP contribution in [-0.2, 0) is 26.0 Å². The number of hydrogen-bond acceptors (Lipinski definition) is 5. The molecule has 1 atom stereocenters. The summed E-state index contributed by atoms with van der Waals surface area (Å²) in [5.41, 5.74) is 2.11. The number of amides is 1. The fourth-order valence-electron chi connectivity index (χ4n) is 3.29. The van der Waals surface area contributed by atoms with Gasteiger partial charge in [0.05, 0.1) is 5.75 Å². The van der Waals surface area contributed by atoms with Crippen molar-refractivity contribution in [2.24, 2.45) is 0 Å². The maximum absolute atomic E-state index is 12.8. The number of carbonyl (C=O) groups is 1. The second-order valence-corrected chi connectivity index (χ2v) is 10.8. The molecule has 31 heavy (non-hydrogen) atoms. The minimum Gasteiger partial charge on any atom is -0.440 e. The Labute approximate surface area is 199 Å². The van der Waals surface area contributed by atoms with Crippen LogP contribution in [0.25, 0.3) is 0 Å². The van der Waals surface area contributed by atoms with E-state index in [1.54, 1.807) is 0 Å². The molecule has 1 N–H and O–H groups in total. The molecule has 1 aromatic carbocycles. The Bertz CT molecular complexity index is 901. The smallest absolute Gasteiger partial charge is 0.286 e. The SMILES string of the molecule is CCCC(=O)N(NS(=O)(=O)CC)C(CCC)OC1=C(CCC)Cc2cc(I)ccc2O1. The van der Waals surface area contributed by atoms with Crippen molar-refractivity contribution in [1.29, 1.82) is 0 Å². The average molecular weight is 564 g/mol. The Morgan fingerprint density at radius 2 is 1.97 bits per heavy atom. The highest BCUT2D eigenvalue weighted by molar-refractivity contribution is 14.1. The molecule has 1 aliphatic rings. The molecule has 1 unspecified atom stereocenters. The largest absolute Gasteiger partial charge is 0.440 e. The summed E-state index contributed by atoms with van der Waals surface area (Å²) in [6.45, 7) is 7.47. The Kier molecular flexibility index (Phi) is 10.1. The van der Waals surface area contributed by atoms with Crippen LogP contribution in [0, 0.1) is 3.57 Å². The molecule has 9 heteroatoms. The third kappa shape index (κ3) is 7.35. The van der Waals surface area contributed by atoms with E-state index in [-0.39, 0.29) is 18.1 Å². The number of sulfonamides is 1. The van der Waals surface area contributed by atoms with Crippen molar-refractivity contribution in [2.45, 2.75) is 78.9 Å². The van der Waals surface area contributed by atoms with Gasteiger partial charge in [-0.1, -0.05) is 33.6 Å². The van der Waals surface area contributed by atoms with Crippen molar-refractivity contribution in [2.75, 3.05) is 5.75 Å². The Morgan fingerprint density at radius 3 is 2.58 bits per heavy atom. The molecule has 0 radical (unpaired) electrons. The van der Waals surface area contributed by atoms with E-state index in [1.807, 2.05) is 26.0 Å². The quantitative estimate of drug-likeness (QED) is 0.223. The van der Waals surface area contributed by atoms with E-state index < -0.39 is 16.3 Å². The number of nitrogens with zero attached hydrogens (tertiary/aromatic N) is 1. The van der Waals surface area contributed by atoms with Crippen molar-refractivity contribution in [3.8, 4) is 5.75 Å². The molecule has 0 spiro atoms. The summed E-state index contributed by atoms with van der Waals surface area (Å²) in [6, 6.07) is 5.98. The van der Waals surface area contributed by atoms with Gasteiger partial charge in [0.15, 0.2) is 6.23 Å². The molecule has 1 amide bonds. The molecule has 1 heterocycles. The maximum atomic E-state index is 12.8. The van der Waals surface area contributed by atoms with Crippen LogP contribution in [0.15, 0.2) is 29.7 Å². The molecule has 1 aliphatic heterocycles. The standard InChI is InChI=1S/C22H33IN2O5S/c1-5-9-16-14-17-15-18(23)12-13-19(17)29-22(16)30-21(11-7-3)25(20(26)10-6-2)24-31(27,28)8-4/h12-13,15,21,24H,5-11,14H2,1-4H3. The summed E-state index contributed by atoms with van der Waals surface area (Å²) in [4.78, 5) is 15.2. The molecule has 2 rings (SSSR count). The highest BCUT2D eigenvalue weighted by Crippen LogP contribution is 2.34. The number of ether oxygens (including phenoxy) is 2. The number of nitrogens with one attached hydrogen (secondary N) is 1. The van der Waals surface area contributed by atoms with Gasteiger partial charge >= 0.3 is 0 Å². The number of fused-ring (bicyclic) bond motifs is 1. The number of hydrogen-bond donors (Lipinski definition) is 1. The maximum Gasteiger partial charge on any atom is 0.286 e. The number of hydrazine groups is 1. The summed E-state index contributed by atoms with van der Waals surface area (Å²) in [5, 5.41) is 1.13. The number of rotatable bonds is 12.